The van der Waals surface area contributed by atoms with Gasteiger partial charge >= 0.3 is 0 Å². The van der Waals surface area contributed by atoms with Crippen molar-refractivity contribution in [2.75, 3.05) is 6.54 Å². The summed E-state index contributed by atoms with van der Waals surface area (Å²) in [5.41, 5.74) is 4.77. The van der Waals surface area contributed by atoms with Crippen molar-refractivity contribution in [3.63, 3.8) is 0 Å². The minimum absolute atomic E-state index is 0.0293. The normalized spacial score (nSPS) is 13.2. The Hall–Kier alpha value is -1.80. The molecule has 0 aromatic heterocycles. The van der Waals surface area contributed by atoms with Crippen LogP contribution in [0.25, 0.3) is 0 Å². The molecule has 25 heavy (non-hydrogen) atoms. The molecule has 0 aliphatic rings. The Balaban J connectivity index is 2.42. The van der Waals surface area contributed by atoms with Crippen LogP contribution in [0.15, 0.2) is 42.5 Å². The molecular weight excluding hydrogens is 306 g/mol. The minimum Gasteiger partial charge on any atom is -0.508 e. The molecule has 2 aromatic rings. The lowest BCUT2D eigenvalue weighted by molar-refractivity contribution is 0.455. The molecule has 2 rings (SSSR count). The highest BCUT2D eigenvalue weighted by Gasteiger charge is 2.23. The quantitative estimate of drug-likeness (QED) is 0.726. The van der Waals surface area contributed by atoms with Crippen LogP contribution in [0.5, 0.6) is 5.75 Å². The molecule has 0 saturated heterocycles. The number of hydrogen-bond donors (Lipinski definition) is 2. The van der Waals surface area contributed by atoms with Gasteiger partial charge in [-0.3, -0.25) is 0 Å². The summed E-state index contributed by atoms with van der Waals surface area (Å²) >= 11 is 0. The lowest BCUT2D eigenvalue weighted by atomic mass is 9.80. The van der Waals surface area contributed by atoms with E-state index < -0.39 is 0 Å². The third-order valence-electron chi connectivity index (χ3n) is 4.74. The van der Waals surface area contributed by atoms with Crippen molar-refractivity contribution in [1.82, 2.24) is 5.32 Å². The Bertz CT molecular complexity index is 683. The summed E-state index contributed by atoms with van der Waals surface area (Å²) in [6.45, 7) is 14.0. The number of rotatable bonds is 6. The Labute approximate surface area is 153 Å². The van der Waals surface area contributed by atoms with Crippen molar-refractivity contribution in [3.05, 3.63) is 64.7 Å². The van der Waals surface area contributed by atoms with E-state index >= 15 is 0 Å². The smallest absolute Gasteiger partial charge is 0.119 e. The molecule has 0 saturated carbocycles. The molecule has 136 valence electrons. The van der Waals surface area contributed by atoms with Crippen LogP contribution in [0.3, 0.4) is 0 Å². The average Bonchev–Trinajstić information content (AvgIpc) is 2.53. The molecule has 0 bridgehead atoms. The summed E-state index contributed by atoms with van der Waals surface area (Å²) in [5, 5.41) is 14.3. The zero-order chi connectivity index (χ0) is 18.6. The monoisotopic (exact) mass is 339 g/mol. The van der Waals surface area contributed by atoms with Gasteiger partial charge in [-0.05, 0) is 48.1 Å². The molecule has 2 heteroatoms. The van der Waals surface area contributed by atoms with Gasteiger partial charge in [0.2, 0.25) is 0 Å². The lowest BCUT2D eigenvalue weighted by Crippen LogP contribution is -2.25. The fourth-order valence-corrected chi connectivity index (χ4v) is 3.51. The summed E-state index contributed by atoms with van der Waals surface area (Å²) in [4.78, 5) is 0. The highest BCUT2D eigenvalue weighted by atomic mass is 16.3. The molecule has 2 aromatic carbocycles. The third kappa shape index (κ3) is 5.09. The lowest BCUT2D eigenvalue weighted by Gasteiger charge is -2.26. The number of hydrogen-bond acceptors (Lipinski definition) is 2. The standard InChI is InChI=1S/C23H33NO/c1-16(2)24-13-12-19(18-10-8-7-9-11-18)20-14-17(3)21(15-22(20)25)23(4,5)6/h7-11,14-16,19,24-25H,12-13H2,1-6H3/t19-/m1/s1. The van der Waals surface area contributed by atoms with E-state index in [2.05, 4.69) is 77.2 Å². The molecule has 0 fully saturated rings. The van der Waals surface area contributed by atoms with Crippen molar-refractivity contribution >= 4 is 0 Å². The number of aromatic hydroxyl groups is 1. The maximum Gasteiger partial charge on any atom is 0.119 e. The second-order valence-electron chi connectivity index (χ2n) is 8.34. The van der Waals surface area contributed by atoms with Gasteiger partial charge in [0.05, 0.1) is 0 Å². The van der Waals surface area contributed by atoms with Gasteiger partial charge in [-0.2, -0.15) is 0 Å². The molecule has 1 atom stereocenters. The summed E-state index contributed by atoms with van der Waals surface area (Å²) in [6, 6.07) is 15.1. The van der Waals surface area contributed by atoms with E-state index in [1.165, 1.54) is 16.7 Å². The number of benzene rings is 2. The highest BCUT2D eigenvalue weighted by molar-refractivity contribution is 5.48. The molecule has 2 nitrogen and oxygen atoms in total. The maximum absolute atomic E-state index is 10.8. The van der Waals surface area contributed by atoms with E-state index in [9.17, 15) is 5.11 Å². The van der Waals surface area contributed by atoms with Gasteiger partial charge in [0.15, 0.2) is 0 Å². The van der Waals surface area contributed by atoms with E-state index in [4.69, 9.17) is 0 Å². The zero-order valence-electron chi connectivity index (χ0n) is 16.6. The van der Waals surface area contributed by atoms with Gasteiger partial charge < -0.3 is 10.4 Å². The molecule has 0 heterocycles. The number of phenolic OH excluding ortho intramolecular Hbond substituents is 1. The number of nitrogens with one attached hydrogen (secondary N) is 1. The first-order valence-electron chi connectivity index (χ1n) is 9.32. The van der Waals surface area contributed by atoms with Crippen molar-refractivity contribution < 1.29 is 5.11 Å². The van der Waals surface area contributed by atoms with Crippen molar-refractivity contribution in [2.45, 2.75) is 65.3 Å². The van der Waals surface area contributed by atoms with E-state index in [0.717, 1.165) is 18.5 Å². The molecule has 2 N–H and O–H groups in total. The van der Waals surface area contributed by atoms with Crippen LogP contribution in [0.2, 0.25) is 0 Å². The predicted octanol–water partition coefficient (Wildman–Crippen LogP) is 5.52. The van der Waals surface area contributed by atoms with Crippen LogP contribution in [-0.4, -0.2) is 17.7 Å². The van der Waals surface area contributed by atoms with Gasteiger partial charge in [-0.15, -0.1) is 0 Å². The fourth-order valence-electron chi connectivity index (χ4n) is 3.51. The minimum atomic E-state index is 0.0293. The van der Waals surface area contributed by atoms with Crippen LogP contribution in [0.4, 0.5) is 0 Å². The molecular formula is C23H33NO. The topological polar surface area (TPSA) is 32.3 Å². The molecule has 0 radical (unpaired) electrons. The zero-order valence-corrected chi connectivity index (χ0v) is 16.6. The molecule has 0 amide bonds. The number of aryl methyl sites for hydroxylation is 1. The van der Waals surface area contributed by atoms with Gasteiger partial charge in [0, 0.05) is 17.5 Å². The maximum atomic E-state index is 10.8. The van der Waals surface area contributed by atoms with Crippen LogP contribution < -0.4 is 5.32 Å². The summed E-state index contributed by atoms with van der Waals surface area (Å²) in [5.74, 6) is 0.606. The molecule has 0 unspecified atom stereocenters. The van der Waals surface area contributed by atoms with E-state index in [0.29, 0.717) is 11.8 Å². The number of phenols is 1. The van der Waals surface area contributed by atoms with Crippen LogP contribution >= 0.6 is 0 Å². The first-order chi connectivity index (χ1) is 11.7. The van der Waals surface area contributed by atoms with Gasteiger partial charge in [-0.1, -0.05) is 71.0 Å². The summed E-state index contributed by atoms with van der Waals surface area (Å²) in [6.07, 6.45) is 0.962. The van der Waals surface area contributed by atoms with Crippen LogP contribution in [0.1, 0.15) is 69.2 Å². The van der Waals surface area contributed by atoms with Crippen molar-refractivity contribution in [1.29, 1.82) is 0 Å². The Kier molecular flexibility index (Phi) is 6.29. The van der Waals surface area contributed by atoms with E-state index in [1.807, 2.05) is 12.1 Å². The van der Waals surface area contributed by atoms with Crippen molar-refractivity contribution in [2.24, 2.45) is 0 Å². The van der Waals surface area contributed by atoms with E-state index in [1.54, 1.807) is 0 Å². The largest absolute Gasteiger partial charge is 0.508 e. The summed E-state index contributed by atoms with van der Waals surface area (Å²) < 4.78 is 0. The predicted molar refractivity (Wildman–Crippen MR) is 108 cm³/mol. The van der Waals surface area contributed by atoms with Crippen LogP contribution in [-0.2, 0) is 5.41 Å². The third-order valence-corrected chi connectivity index (χ3v) is 4.74. The van der Waals surface area contributed by atoms with Gasteiger partial charge in [-0.25, -0.2) is 0 Å². The van der Waals surface area contributed by atoms with Gasteiger partial charge in [0.25, 0.3) is 0 Å². The molecule has 0 aliphatic heterocycles. The summed E-state index contributed by atoms with van der Waals surface area (Å²) in [7, 11) is 0. The van der Waals surface area contributed by atoms with E-state index in [-0.39, 0.29) is 11.3 Å². The second-order valence-corrected chi connectivity index (χ2v) is 8.34. The van der Waals surface area contributed by atoms with Gasteiger partial charge in [0.1, 0.15) is 5.75 Å². The van der Waals surface area contributed by atoms with Crippen LogP contribution in [0, 0.1) is 6.92 Å². The Morgan fingerprint density at radius 1 is 1.04 bits per heavy atom. The molecule has 0 aliphatic carbocycles. The second kappa shape index (κ2) is 8.05. The SMILES string of the molecule is Cc1cc([C@H](CCNC(C)C)c2ccccc2)c(O)cc1C(C)(C)C. The van der Waals surface area contributed by atoms with Crippen molar-refractivity contribution in [3.8, 4) is 5.75 Å². The highest BCUT2D eigenvalue weighted by Crippen LogP contribution is 2.38. The Morgan fingerprint density at radius 2 is 1.68 bits per heavy atom. The first-order valence-corrected chi connectivity index (χ1v) is 9.32. The molecule has 0 spiro atoms. The average molecular weight is 340 g/mol. The first kappa shape index (κ1) is 19.5. The Morgan fingerprint density at radius 3 is 2.24 bits per heavy atom. The fraction of sp³-hybridized carbons (Fsp3) is 0.478.